The summed E-state index contributed by atoms with van der Waals surface area (Å²) < 4.78 is 46.1. The van der Waals surface area contributed by atoms with Gasteiger partial charge in [0, 0.05) is 11.3 Å². The van der Waals surface area contributed by atoms with Gasteiger partial charge in [0.25, 0.3) is 15.9 Å². The molecule has 0 heterocycles. The molecule has 0 unspecified atom stereocenters. The summed E-state index contributed by atoms with van der Waals surface area (Å²) in [5, 5.41) is 2.56. The maximum Gasteiger partial charge on any atom is 0.263 e. The van der Waals surface area contributed by atoms with Crippen LogP contribution in [-0.2, 0) is 10.0 Å². The Hall–Kier alpha value is -3.39. The van der Waals surface area contributed by atoms with E-state index in [4.69, 9.17) is 4.74 Å². The quantitative estimate of drug-likeness (QED) is 0.658. The Morgan fingerprint density at radius 1 is 0.929 bits per heavy atom. The van der Waals surface area contributed by atoms with Gasteiger partial charge < -0.3 is 10.1 Å². The number of hydrogen-bond acceptors (Lipinski definition) is 4. The first-order chi connectivity index (χ1) is 13.4. The standard InChI is InChI=1S/C20H17FN2O4S/c1-27-17-12-10-16(11-13-17)23-28(25,26)19-5-3-2-4-18(19)22-20(24)14-6-8-15(21)9-7-14/h2-13,23H,1H3,(H,22,24). The second kappa shape index (κ2) is 8.10. The number of hydrogen-bond donors (Lipinski definition) is 2. The Balaban J connectivity index is 1.85. The predicted molar refractivity (Wildman–Crippen MR) is 105 cm³/mol. The van der Waals surface area contributed by atoms with E-state index in [9.17, 15) is 17.6 Å². The molecule has 3 rings (SSSR count). The maximum atomic E-state index is 13.0. The Kier molecular flexibility index (Phi) is 5.60. The van der Waals surface area contributed by atoms with Crippen LogP contribution in [0.2, 0.25) is 0 Å². The fourth-order valence-corrected chi connectivity index (χ4v) is 3.69. The zero-order valence-corrected chi connectivity index (χ0v) is 15.7. The molecule has 0 fully saturated rings. The van der Waals surface area contributed by atoms with Crippen LogP contribution in [0, 0.1) is 5.82 Å². The van der Waals surface area contributed by atoms with Crippen LogP contribution in [0.1, 0.15) is 10.4 Å². The van der Waals surface area contributed by atoms with E-state index in [-0.39, 0.29) is 16.1 Å². The number of methoxy groups -OCH3 is 1. The third-order valence-corrected chi connectivity index (χ3v) is 5.31. The minimum atomic E-state index is -3.96. The Bertz CT molecular complexity index is 1080. The van der Waals surface area contributed by atoms with Crippen LogP contribution in [-0.4, -0.2) is 21.4 Å². The summed E-state index contributed by atoms with van der Waals surface area (Å²) in [7, 11) is -2.45. The summed E-state index contributed by atoms with van der Waals surface area (Å²) in [4.78, 5) is 12.3. The van der Waals surface area contributed by atoms with Crippen LogP contribution in [0.25, 0.3) is 0 Å². The zero-order chi connectivity index (χ0) is 20.1. The number of ether oxygens (including phenoxy) is 1. The van der Waals surface area contributed by atoms with Crippen LogP contribution in [0.3, 0.4) is 0 Å². The molecule has 0 aliphatic rings. The predicted octanol–water partition coefficient (Wildman–Crippen LogP) is 3.89. The first-order valence-corrected chi connectivity index (χ1v) is 9.70. The highest BCUT2D eigenvalue weighted by Gasteiger charge is 2.20. The number of sulfonamides is 1. The third-order valence-electron chi connectivity index (χ3n) is 3.87. The average Bonchev–Trinajstić information content (AvgIpc) is 2.69. The van der Waals surface area contributed by atoms with Gasteiger partial charge in [0.05, 0.1) is 12.8 Å². The number of rotatable bonds is 6. The van der Waals surface area contributed by atoms with Crippen molar-refractivity contribution < 1.29 is 22.3 Å². The summed E-state index contributed by atoms with van der Waals surface area (Å²) >= 11 is 0. The molecule has 3 aromatic carbocycles. The van der Waals surface area contributed by atoms with Gasteiger partial charge >= 0.3 is 0 Å². The largest absolute Gasteiger partial charge is 0.497 e. The Morgan fingerprint density at radius 2 is 1.57 bits per heavy atom. The van der Waals surface area contributed by atoms with Crippen LogP contribution in [0.15, 0.2) is 77.7 Å². The van der Waals surface area contributed by atoms with Gasteiger partial charge in [-0.3, -0.25) is 9.52 Å². The lowest BCUT2D eigenvalue weighted by molar-refractivity contribution is 0.102. The normalized spacial score (nSPS) is 10.9. The van der Waals surface area contributed by atoms with Crippen LogP contribution >= 0.6 is 0 Å². The van der Waals surface area contributed by atoms with Gasteiger partial charge in [0.2, 0.25) is 0 Å². The van der Waals surface area contributed by atoms with E-state index >= 15 is 0 Å². The van der Waals surface area contributed by atoms with Crippen LogP contribution in [0.5, 0.6) is 5.75 Å². The smallest absolute Gasteiger partial charge is 0.263 e. The van der Waals surface area contributed by atoms with Gasteiger partial charge in [0.1, 0.15) is 16.5 Å². The van der Waals surface area contributed by atoms with Crippen molar-refractivity contribution in [2.24, 2.45) is 0 Å². The minimum absolute atomic E-state index is 0.0960. The lowest BCUT2D eigenvalue weighted by Crippen LogP contribution is -2.18. The summed E-state index contributed by atoms with van der Waals surface area (Å²) in [6.07, 6.45) is 0. The van der Waals surface area contributed by atoms with Gasteiger partial charge in [-0.05, 0) is 60.7 Å². The highest BCUT2D eigenvalue weighted by molar-refractivity contribution is 7.92. The zero-order valence-electron chi connectivity index (χ0n) is 14.8. The van der Waals surface area contributed by atoms with Gasteiger partial charge in [-0.25, -0.2) is 12.8 Å². The number of nitrogens with one attached hydrogen (secondary N) is 2. The number of carbonyl (C=O) groups is 1. The molecule has 8 heteroatoms. The Labute approximate surface area is 162 Å². The highest BCUT2D eigenvalue weighted by atomic mass is 32.2. The van der Waals surface area contributed by atoms with Crippen molar-refractivity contribution >= 4 is 27.3 Å². The number of anilines is 2. The first-order valence-electron chi connectivity index (χ1n) is 8.22. The van der Waals surface area contributed by atoms with Gasteiger partial charge in [0.15, 0.2) is 0 Å². The van der Waals surface area contributed by atoms with Gasteiger partial charge in [-0.15, -0.1) is 0 Å². The average molecular weight is 400 g/mol. The van der Waals surface area contributed by atoms with E-state index < -0.39 is 21.7 Å². The van der Waals surface area contributed by atoms with Gasteiger partial charge in [-0.1, -0.05) is 12.1 Å². The molecule has 0 atom stereocenters. The van der Waals surface area contributed by atoms with Crippen LogP contribution < -0.4 is 14.8 Å². The molecule has 3 aromatic rings. The molecule has 0 saturated heterocycles. The molecule has 0 aliphatic heterocycles. The minimum Gasteiger partial charge on any atom is -0.497 e. The topological polar surface area (TPSA) is 84.5 Å². The van der Waals surface area contributed by atoms with E-state index in [0.717, 1.165) is 12.1 Å². The lowest BCUT2D eigenvalue weighted by Gasteiger charge is -2.13. The van der Waals surface area contributed by atoms with Crippen LogP contribution in [0.4, 0.5) is 15.8 Å². The molecule has 0 saturated carbocycles. The highest BCUT2D eigenvalue weighted by Crippen LogP contribution is 2.25. The fraction of sp³-hybridized carbons (Fsp3) is 0.0500. The lowest BCUT2D eigenvalue weighted by atomic mass is 10.2. The van der Waals surface area contributed by atoms with Crippen molar-refractivity contribution in [2.75, 3.05) is 17.1 Å². The molecule has 144 valence electrons. The molecule has 2 N–H and O–H groups in total. The number of benzene rings is 3. The third kappa shape index (κ3) is 4.47. The van der Waals surface area contributed by atoms with Gasteiger partial charge in [-0.2, -0.15) is 0 Å². The second-order valence-electron chi connectivity index (χ2n) is 5.79. The maximum absolute atomic E-state index is 13.0. The number of amides is 1. The molecule has 0 aliphatic carbocycles. The molecule has 0 spiro atoms. The molecule has 6 nitrogen and oxygen atoms in total. The molecule has 0 bridgehead atoms. The van der Waals surface area contributed by atoms with E-state index in [0.29, 0.717) is 11.4 Å². The molecule has 28 heavy (non-hydrogen) atoms. The van der Waals surface area contributed by atoms with Crippen molar-refractivity contribution in [1.82, 2.24) is 0 Å². The fourth-order valence-electron chi connectivity index (χ4n) is 2.47. The van der Waals surface area contributed by atoms with Crippen molar-refractivity contribution in [3.05, 3.63) is 84.2 Å². The summed E-state index contributed by atoms with van der Waals surface area (Å²) in [5.41, 5.74) is 0.662. The van der Waals surface area contributed by atoms with Crippen molar-refractivity contribution in [3.63, 3.8) is 0 Å². The van der Waals surface area contributed by atoms with E-state index in [1.165, 1.54) is 31.4 Å². The molecule has 0 radical (unpaired) electrons. The van der Waals surface area contributed by atoms with E-state index in [2.05, 4.69) is 10.0 Å². The van der Waals surface area contributed by atoms with E-state index in [1.54, 1.807) is 36.4 Å². The summed E-state index contributed by atoms with van der Waals surface area (Å²) in [6.45, 7) is 0. The molecular formula is C20H17FN2O4S. The van der Waals surface area contributed by atoms with Crippen molar-refractivity contribution in [3.8, 4) is 5.75 Å². The van der Waals surface area contributed by atoms with Crippen molar-refractivity contribution in [1.29, 1.82) is 0 Å². The Morgan fingerprint density at radius 3 is 2.21 bits per heavy atom. The SMILES string of the molecule is COc1ccc(NS(=O)(=O)c2ccccc2NC(=O)c2ccc(F)cc2)cc1. The summed E-state index contributed by atoms with van der Waals surface area (Å²) in [6, 6.07) is 17.3. The van der Waals surface area contributed by atoms with E-state index in [1.807, 2.05) is 0 Å². The van der Waals surface area contributed by atoms with Crippen molar-refractivity contribution in [2.45, 2.75) is 4.90 Å². The number of carbonyl (C=O) groups excluding carboxylic acids is 1. The first kappa shape index (κ1) is 19.4. The summed E-state index contributed by atoms with van der Waals surface area (Å²) in [5.74, 6) is -0.426. The molecular weight excluding hydrogens is 383 g/mol. The second-order valence-corrected chi connectivity index (χ2v) is 7.44. The number of para-hydroxylation sites is 1. The number of halogens is 1. The monoisotopic (exact) mass is 400 g/mol. The molecule has 1 amide bonds. The molecule has 0 aromatic heterocycles.